The SMILES string of the molecule is CC(Cl)c1ccc(C(=O)NC(c2ccccc2)C2CC2)o1. The molecule has 1 aromatic carbocycles. The zero-order chi connectivity index (χ0) is 14.8. The second kappa shape index (κ2) is 5.94. The normalized spacial score (nSPS) is 17.2. The Morgan fingerprint density at radius 1 is 1.24 bits per heavy atom. The maximum atomic E-state index is 12.3. The van der Waals surface area contributed by atoms with E-state index in [2.05, 4.69) is 17.4 Å². The molecule has 1 aliphatic rings. The third kappa shape index (κ3) is 3.30. The van der Waals surface area contributed by atoms with E-state index in [-0.39, 0.29) is 17.3 Å². The molecule has 3 rings (SSSR count). The van der Waals surface area contributed by atoms with Gasteiger partial charge in [-0.05, 0) is 43.4 Å². The van der Waals surface area contributed by atoms with E-state index in [1.807, 2.05) is 25.1 Å². The van der Waals surface area contributed by atoms with E-state index in [1.54, 1.807) is 12.1 Å². The highest BCUT2D eigenvalue weighted by atomic mass is 35.5. The molecule has 110 valence electrons. The average Bonchev–Trinajstić information content (AvgIpc) is 3.20. The molecule has 0 radical (unpaired) electrons. The summed E-state index contributed by atoms with van der Waals surface area (Å²) in [7, 11) is 0. The second-order valence-electron chi connectivity index (χ2n) is 5.52. The molecule has 1 N–H and O–H groups in total. The van der Waals surface area contributed by atoms with Crippen molar-refractivity contribution in [3.63, 3.8) is 0 Å². The van der Waals surface area contributed by atoms with Crippen LogP contribution in [0.3, 0.4) is 0 Å². The number of nitrogens with one attached hydrogen (secondary N) is 1. The van der Waals surface area contributed by atoms with Gasteiger partial charge >= 0.3 is 0 Å². The summed E-state index contributed by atoms with van der Waals surface area (Å²) < 4.78 is 5.50. The van der Waals surface area contributed by atoms with E-state index in [4.69, 9.17) is 16.0 Å². The lowest BCUT2D eigenvalue weighted by Crippen LogP contribution is -2.29. The van der Waals surface area contributed by atoms with Gasteiger partial charge in [0.05, 0.1) is 11.4 Å². The van der Waals surface area contributed by atoms with Gasteiger partial charge in [0.1, 0.15) is 5.76 Å². The number of alkyl halides is 1. The summed E-state index contributed by atoms with van der Waals surface area (Å²) in [6.07, 6.45) is 2.31. The minimum Gasteiger partial charge on any atom is -0.454 e. The molecular formula is C17H18ClNO2. The lowest BCUT2D eigenvalue weighted by Gasteiger charge is -2.18. The number of rotatable bonds is 5. The predicted octanol–water partition coefficient (Wildman–Crippen LogP) is 4.46. The number of hydrogen-bond acceptors (Lipinski definition) is 2. The molecular weight excluding hydrogens is 286 g/mol. The molecule has 1 aromatic heterocycles. The third-order valence-electron chi connectivity index (χ3n) is 3.78. The van der Waals surface area contributed by atoms with Crippen molar-refractivity contribution >= 4 is 17.5 Å². The summed E-state index contributed by atoms with van der Waals surface area (Å²) in [6.45, 7) is 1.82. The molecule has 3 nitrogen and oxygen atoms in total. The number of carbonyl (C=O) groups is 1. The molecule has 0 aliphatic heterocycles. The lowest BCUT2D eigenvalue weighted by molar-refractivity contribution is 0.0901. The van der Waals surface area contributed by atoms with Crippen LogP contribution in [-0.4, -0.2) is 5.91 Å². The van der Waals surface area contributed by atoms with Crippen LogP contribution < -0.4 is 5.32 Å². The van der Waals surface area contributed by atoms with E-state index >= 15 is 0 Å². The molecule has 2 atom stereocenters. The maximum absolute atomic E-state index is 12.3. The Labute approximate surface area is 129 Å². The molecule has 0 saturated heterocycles. The van der Waals surface area contributed by atoms with Gasteiger partial charge in [-0.3, -0.25) is 4.79 Å². The quantitative estimate of drug-likeness (QED) is 0.829. The minimum atomic E-state index is -0.236. The molecule has 0 bridgehead atoms. The minimum absolute atomic E-state index is 0.0562. The summed E-state index contributed by atoms with van der Waals surface area (Å²) >= 11 is 5.96. The fourth-order valence-electron chi connectivity index (χ4n) is 2.46. The monoisotopic (exact) mass is 303 g/mol. The van der Waals surface area contributed by atoms with Crippen LogP contribution in [0.25, 0.3) is 0 Å². The number of hydrogen-bond donors (Lipinski definition) is 1. The van der Waals surface area contributed by atoms with Crippen LogP contribution in [0.4, 0.5) is 0 Å². The number of benzene rings is 1. The van der Waals surface area contributed by atoms with Gasteiger partial charge in [0, 0.05) is 0 Å². The van der Waals surface area contributed by atoms with Crippen LogP contribution in [0.2, 0.25) is 0 Å². The van der Waals surface area contributed by atoms with Crippen LogP contribution in [0.1, 0.15) is 53.1 Å². The topological polar surface area (TPSA) is 42.2 Å². The number of halogens is 1. The second-order valence-corrected chi connectivity index (χ2v) is 6.17. The zero-order valence-electron chi connectivity index (χ0n) is 11.9. The summed E-state index contributed by atoms with van der Waals surface area (Å²) in [6, 6.07) is 13.6. The Balaban J connectivity index is 1.75. The van der Waals surface area contributed by atoms with Gasteiger partial charge in [-0.15, -0.1) is 11.6 Å². The van der Waals surface area contributed by atoms with Crippen molar-refractivity contribution in [2.24, 2.45) is 5.92 Å². The molecule has 1 amide bonds. The highest BCUT2D eigenvalue weighted by molar-refractivity contribution is 6.20. The van der Waals surface area contributed by atoms with Crippen molar-refractivity contribution in [2.75, 3.05) is 0 Å². The summed E-state index contributed by atoms with van der Waals surface area (Å²) in [5.41, 5.74) is 1.14. The zero-order valence-corrected chi connectivity index (χ0v) is 12.6. The van der Waals surface area contributed by atoms with Crippen LogP contribution in [-0.2, 0) is 0 Å². The van der Waals surface area contributed by atoms with Crippen LogP contribution in [0.15, 0.2) is 46.9 Å². The Hall–Kier alpha value is -1.74. The van der Waals surface area contributed by atoms with E-state index in [0.29, 0.717) is 17.4 Å². The number of furan rings is 1. The maximum Gasteiger partial charge on any atom is 0.287 e. The molecule has 21 heavy (non-hydrogen) atoms. The standard InChI is InChI=1S/C17H18ClNO2/c1-11(18)14-9-10-15(21-14)17(20)19-16(13-7-8-13)12-5-3-2-4-6-12/h2-6,9-11,13,16H,7-8H2,1H3,(H,19,20). The molecule has 2 aromatic rings. The number of carbonyl (C=O) groups excluding carboxylic acids is 1. The average molecular weight is 304 g/mol. The van der Waals surface area contributed by atoms with Crippen molar-refractivity contribution in [2.45, 2.75) is 31.2 Å². The summed E-state index contributed by atoms with van der Waals surface area (Å²) in [5.74, 6) is 1.28. The Morgan fingerprint density at radius 2 is 1.95 bits per heavy atom. The van der Waals surface area contributed by atoms with E-state index in [1.165, 1.54) is 0 Å². The highest BCUT2D eigenvalue weighted by Crippen LogP contribution is 2.41. The first-order valence-electron chi connectivity index (χ1n) is 7.25. The summed E-state index contributed by atoms with van der Waals surface area (Å²) in [4.78, 5) is 12.3. The molecule has 0 spiro atoms. The van der Waals surface area contributed by atoms with Gasteiger partial charge in [-0.2, -0.15) is 0 Å². The third-order valence-corrected chi connectivity index (χ3v) is 4.00. The first kappa shape index (κ1) is 14.2. The van der Waals surface area contributed by atoms with E-state index < -0.39 is 0 Å². The van der Waals surface area contributed by atoms with Gasteiger partial charge in [0.2, 0.25) is 0 Å². The largest absolute Gasteiger partial charge is 0.454 e. The molecule has 2 unspecified atom stereocenters. The van der Waals surface area contributed by atoms with Crippen LogP contribution >= 0.6 is 11.6 Å². The van der Waals surface area contributed by atoms with Crippen LogP contribution in [0, 0.1) is 5.92 Å². The van der Waals surface area contributed by atoms with E-state index in [0.717, 1.165) is 18.4 Å². The summed E-state index contributed by atoms with van der Waals surface area (Å²) in [5, 5.41) is 2.85. The van der Waals surface area contributed by atoms with Crippen molar-refractivity contribution in [3.05, 3.63) is 59.5 Å². The molecule has 1 heterocycles. The fraction of sp³-hybridized carbons (Fsp3) is 0.353. The van der Waals surface area contributed by atoms with Gasteiger partial charge in [0.15, 0.2) is 5.76 Å². The van der Waals surface area contributed by atoms with E-state index in [9.17, 15) is 4.79 Å². The smallest absolute Gasteiger partial charge is 0.287 e. The van der Waals surface area contributed by atoms with Crippen molar-refractivity contribution in [1.29, 1.82) is 0 Å². The fourth-order valence-corrected chi connectivity index (χ4v) is 2.58. The first-order chi connectivity index (χ1) is 10.1. The highest BCUT2D eigenvalue weighted by Gasteiger charge is 2.34. The molecule has 4 heteroatoms. The van der Waals surface area contributed by atoms with Crippen LogP contribution in [0.5, 0.6) is 0 Å². The Morgan fingerprint density at radius 3 is 2.52 bits per heavy atom. The van der Waals surface area contributed by atoms with Crippen molar-refractivity contribution < 1.29 is 9.21 Å². The Bertz CT molecular complexity index is 617. The van der Waals surface area contributed by atoms with Crippen molar-refractivity contribution in [1.82, 2.24) is 5.32 Å². The van der Waals surface area contributed by atoms with Gasteiger partial charge in [-0.1, -0.05) is 30.3 Å². The predicted molar refractivity (Wildman–Crippen MR) is 82.3 cm³/mol. The van der Waals surface area contributed by atoms with Gasteiger partial charge in [0.25, 0.3) is 5.91 Å². The first-order valence-corrected chi connectivity index (χ1v) is 7.68. The Kier molecular flexibility index (Phi) is 4.02. The molecule has 1 aliphatic carbocycles. The number of amides is 1. The van der Waals surface area contributed by atoms with Gasteiger partial charge < -0.3 is 9.73 Å². The van der Waals surface area contributed by atoms with Gasteiger partial charge in [-0.25, -0.2) is 0 Å². The van der Waals surface area contributed by atoms with Crippen molar-refractivity contribution in [3.8, 4) is 0 Å². The molecule has 1 saturated carbocycles. The lowest BCUT2D eigenvalue weighted by atomic mass is 10.0. The molecule has 1 fully saturated rings.